The fourth-order valence-corrected chi connectivity index (χ4v) is 1.58. The van der Waals surface area contributed by atoms with Gasteiger partial charge in [0.1, 0.15) is 6.04 Å². The van der Waals surface area contributed by atoms with E-state index in [0.717, 1.165) is 0 Å². The number of nitrogens with zero attached hydrogens (tertiary/aromatic N) is 1. The van der Waals surface area contributed by atoms with Crippen molar-refractivity contribution in [3.8, 4) is 0 Å². The average Bonchev–Trinajstić information content (AvgIpc) is 2.15. The molecule has 0 aromatic rings. The van der Waals surface area contributed by atoms with Gasteiger partial charge in [0.2, 0.25) is 13.8 Å². The van der Waals surface area contributed by atoms with Crippen molar-refractivity contribution in [2.24, 2.45) is 0 Å². The molecule has 1 saturated heterocycles. The van der Waals surface area contributed by atoms with Crippen LogP contribution in [0.3, 0.4) is 0 Å². The number of hydrogen-bond donors (Lipinski definition) is 2. The normalized spacial score (nSPS) is 21.7. The minimum absolute atomic E-state index is 0.0987. The van der Waals surface area contributed by atoms with E-state index in [1.165, 1.54) is 4.90 Å². The maximum Gasteiger partial charge on any atom is 0.239 e. The standard InChI is InChI=1S/C10H18BN3O2/c1-10(2,3)13-8(15)7-6-14(9(11)16)5-4-12-7/h7,12H,4-6H2,1-3H3,(H,13,15)/t7-/m0/s1. The van der Waals surface area contributed by atoms with Crippen molar-refractivity contribution in [3.63, 3.8) is 0 Å². The smallest absolute Gasteiger partial charge is 0.239 e. The zero-order valence-electron chi connectivity index (χ0n) is 10.0. The first-order valence-electron chi connectivity index (χ1n) is 5.39. The SMILES string of the molecule is [B]C(=O)N1CCN[C@H](C(=O)NC(C)(C)C)C1. The van der Waals surface area contributed by atoms with Crippen LogP contribution in [0.25, 0.3) is 0 Å². The van der Waals surface area contributed by atoms with Crippen LogP contribution in [0.15, 0.2) is 0 Å². The Labute approximate surface area is 97.4 Å². The van der Waals surface area contributed by atoms with E-state index in [1.807, 2.05) is 20.8 Å². The van der Waals surface area contributed by atoms with Crippen molar-refractivity contribution in [1.82, 2.24) is 15.5 Å². The Hall–Kier alpha value is -1.04. The van der Waals surface area contributed by atoms with E-state index in [2.05, 4.69) is 10.6 Å². The van der Waals surface area contributed by atoms with Gasteiger partial charge in [-0.05, 0) is 20.8 Å². The largest absolute Gasteiger partial charge is 0.350 e. The highest BCUT2D eigenvalue weighted by Gasteiger charge is 2.28. The summed E-state index contributed by atoms with van der Waals surface area (Å²) >= 11 is 0. The van der Waals surface area contributed by atoms with Crippen molar-refractivity contribution in [2.75, 3.05) is 19.6 Å². The van der Waals surface area contributed by atoms with Gasteiger partial charge in [0.15, 0.2) is 5.81 Å². The quantitative estimate of drug-likeness (QED) is 0.587. The lowest BCUT2D eigenvalue weighted by atomic mass is 10.0. The molecule has 0 aromatic carbocycles. The number of carbonyl (C=O) groups excluding carboxylic acids is 2. The first-order valence-corrected chi connectivity index (χ1v) is 5.39. The Kier molecular flexibility index (Phi) is 3.96. The molecule has 1 aliphatic rings. The van der Waals surface area contributed by atoms with Gasteiger partial charge in [-0.3, -0.25) is 9.59 Å². The molecule has 16 heavy (non-hydrogen) atoms. The molecule has 0 spiro atoms. The van der Waals surface area contributed by atoms with Crippen LogP contribution in [0.2, 0.25) is 0 Å². The number of hydrogen-bond acceptors (Lipinski definition) is 3. The monoisotopic (exact) mass is 223 g/mol. The lowest BCUT2D eigenvalue weighted by Crippen LogP contribution is -2.60. The molecule has 0 unspecified atom stereocenters. The summed E-state index contributed by atoms with van der Waals surface area (Å²) in [6.07, 6.45) is 0. The van der Waals surface area contributed by atoms with E-state index in [-0.39, 0.29) is 17.5 Å². The van der Waals surface area contributed by atoms with Crippen LogP contribution in [-0.4, -0.2) is 55.7 Å². The van der Waals surface area contributed by atoms with Crippen LogP contribution >= 0.6 is 0 Å². The van der Waals surface area contributed by atoms with Crippen molar-refractivity contribution >= 4 is 19.6 Å². The van der Waals surface area contributed by atoms with Crippen LogP contribution < -0.4 is 10.6 Å². The summed E-state index contributed by atoms with van der Waals surface area (Å²) in [6.45, 7) is 7.22. The van der Waals surface area contributed by atoms with Gasteiger partial charge in [-0.1, -0.05) is 0 Å². The number of piperazine rings is 1. The van der Waals surface area contributed by atoms with Gasteiger partial charge in [0.25, 0.3) is 0 Å². The molecule has 0 aliphatic carbocycles. The molecule has 1 fully saturated rings. The first kappa shape index (κ1) is 13.0. The summed E-state index contributed by atoms with van der Waals surface area (Å²) in [5.74, 6) is -0.575. The number of amides is 2. The van der Waals surface area contributed by atoms with E-state index in [9.17, 15) is 9.59 Å². The molecule has 0 saturated carbocycles. The molecule has 1 heterocycles. The van der Waals surface area contributed by atoms with Crippen LogP contribution in [-0.2, 0) is 4.79 Å². The summed E-state index contributed by atoms with van der Waals surface area (Å²) in [5.41, 5.74) is -0.270. The molecule has 2 N–H and O–H groups in total. The Morgan fingerprint density at radius 2 is 2.06 bits per heavy atom. The zero-order chi connectivity index (χ0) is 12.3. The Balaban J connectivity index is 2.54. The van der Waals surface area contributed by atoms with Crippen molar-refractivity contribution < 1.29 is 9.59 Å². The zero-order valence-corrected chi connectivity index (χ0v) is 10.0. The van der Waals surface area contributed by atoms with Crippen LogP contribution in [0.1, 0.15) is 20.8 Å². The summed E-state index contributed by atoms with van der Waals surface area (Å²) in [4.78, 5) is 24.3. The van der Waals surface area contributed by atoms with Gasteiger partial charge in [-0.25, -0.2) is 0 Å². The molecule has 6 heteroatoms. The second-order valence-corrected chi connectivity index (χ2v) is 5.03. The van der Waals surface area contributed by atoms with Crippen molar-refractivity contribution in [1.29, 1.82) is 0 Å². The summed E-state index contributed by atoms with van der Waals surface area (Å²) < 4.78 is 0. The highest BCUT2D eigenvalue weighted by molar-refractivity contribution is 6.56. The van der Waals surface area contributed by atoms with Crippen LogP contribution in [0.4, 0.5) is 4.79 Å². The molecular weight excluding hydrogens is 205 g/mol. The molecule has 5 nitrogen and oxygen atoms in total. The Bertz CT molecular complexity index is 288. The lowest BCUT2D eigenvalue weighted by molar-refractivity contribution is -0.125. The minimum Gasteiger partial charge on any atom is -0.350 e. The fourth-order valence-electron chi connectivity index (χ4n) is 1.58. The van der Waals surface area contributed by atoms with Gasteiger partial charge in [-0.15, -0.1) is 0 Å². The molecule has 1 rings (SSSR count). The van der Waals surface area contributed by atoms with Gasteiger partial charge >= 0.3 is 0 Å². The van der Waals surface area contributed by atoms with Crippen LogP contribution in [0.5, 0.6) is 0 Å². The Morgan fingerprint density at radius 1 is 1.44 bits per heavy atom. The van der Waals surface area contributed by atoms with Gasteiger partial charge in [-0.2, -0.15) is 0 Å². The van der Waals surface area contributed by atoms with E-state index >= 15 is 0 Å². The molecule has 0 aromatic heterocycles. The number of nitrogens with one attached hydrogen (secondary N) is 2. The van der Waals surface area contributed by atoms with E-state index in [4.69, 9.17) is 7.85 Å². The van der Waals surface area contributed by atoms with E-state index in [1.54, 1.807) is 0 Å². The van der Waals surface area contributed by atoms with E-state index < -0.39 is 5.81 Å². The van der Waals surface area contributed by atoms with Crippen LogP contribution in [0, 0.1) is 0 Å². The molecule has 2 amide bonds. The third kappa shape index (κ3) is 3.85. The Morgan fingerprint density at radius 3 is 2.56 bits per heavy atom. The third-order valence-corrected chi connectivity index (χ3v) is 2.30. The average molecular weight is 223 g/mol. The predicted molar refractivity (Wildman–Crippen MR) is 62.4 cm³/mol. The fraction of sp³-hybridized carbons (Fsp3) is 0.800. The molecular formula is C10H18BN3O2. The topological polar surface area (TPSA) is 61.4 Å². The second kappa shape index (κ2) is 4.87. The first-order chi connectivity index (χ1) is 7.29. The molecule has 0 bridgehead atoms. The highest BCUT2D eigenvalue weighted by Crippen LogP contribution is 2.03. The summed E-state index contributed by atoms with van der Waals surface area (Å²) in [5, 5.41) is 5.93. The molecule has 1 atom stereocenters. The molecule has 1 aliphatic heterocycles. The van der Waals surface area contributed by atoms with Gasteiger partial charge in [0, 0.05) is 25.2 Å². The van der Waals surface area contributed by atoms with E-state index in [0.29, 0.717) is 19.6 Å². The number of carbonyl (C=O) groups is 2. The maximum atomic E-state index is 11.8. The summed E-state index contributed by atoms with van der Waals surface area (Å²) in [7, 11) is 5.18. The molecule has 88 valence electrons. The lowest BCUT2D eigenvalue weighted by Gasteiger charge is -2.34. The van der Waals surface area contributed by atoms with Gasteiger partial charge < -0.3 is 15.5 Å². The van der Waals surface area contributed by atoms with Crippen molar-refractivity contribution in [2.45, 2.75) is 32.4 Å². The minimum atomic E-state index is -0.477. The second-order valence-electron chi connectivity index (χ2n) is 5.03. The molecule has 2 radical (unpaired) electrons. The third-order valence-electron chi connectivity index (χ3n) is 2.30. The van der Waals surface area contributed by atoms with Crippen molar-refractivity contribution in [3.05, 3.63) is 0 Å². The highest BCUT2D eigenvalue weighted by atomic mass is 16.2. The van der Waals surface area contributed by atoms with Gasteiger partial charge in [0.05, 0.1) is 0 Å². The predicted octanol–water partition coefficient (Wildman–Crippen LogP) is -0.537. The summed E-state index contributed by atoms with van der Waals surface area (Å²) in [6, 6.07) is -0.375. The number of rotatable bonds is 1. The maximum absolute atomic E-state index is 11.8.